The molecule has 0 bridgehead atoms. The van der Waals surface area contributed by atoms with Gasteiger partial charge in [-0.05, 0) is 22.0 Å². The molecule has 0 aliphatic heterocycles. The number of aromatic nitrogens is 1. The molecule has 0 saturated heterocycles. The highest BCUT2D eigenvalue weighted by atomic mass is 79.9. The molecule has 1 N–H and O–H groups in total. The van der Waals surface area contributed by atoms with Crippen molar-refractivity contribution < 1.29 is 9.53 Å². The Balaban J connectivity index is 2.49. The number of H-pyrrole nitrogens is 1. The van der Waals surface area contributed by atoms with Crippen LogP contribution < -0.4 is 0 Å². The normalized spacial score (nSPS) is 10.5. The summed E-state index contributed by atoms with van der Waals surface area (Å²) in [5.74, 6) is -0.236. The van der Waals surface area contributed by atoms with Gasteiger partial charge in [-0.15, -0.1) is 0 Å². The van der Waals surface area contributed by atoms with Crippen molar-refractivity contribution in [2.24, 2.45) is 0 Å². The van der Waals surface area contributed by atoms with Crippen LogP contribution in [0.3, 0.4) is 0 Å². The van der Waals surface area contributed by atoms with E-state index >= 15 is 0 Å². The number of methoxy groups -OCH3 is 1. The fourth-order valence-electron chi connectivity index (χ4n) is 1.56. The van der Waals surface area contributed by atoms with Gasteiger partial charge >= 0.3 is 5.97 Å². The molecule has 0 fully saturated rings. The number of aromatic amines is 1. The van der Waals surface area contributed by atoms with E-state index in [2.05, 4.69) is 25.7 Å². The molecule has 0 unspecified atom stereocenters. The number of hydrogen-bond donors (Lipinski definition) is 1. The zero-order chi connectivity index (χ0) is 10.8. The van der Waals surface area contributed by atoms with Crippen LogP contribution in [0.25, 0.3) is 10.9 Å². The van der Waals surface area contributed by atoms with Crippen LogP contribution in [0.2, 0.25) is 0 Å². The molecule has 0 amide bonds. The van der Waals surface area contributed by atoms with Gasteiger partial charge in [-0.2, -0.15) is 0 Å². The Hall–Kier alpha value is -1.29. The van der Waals surface area contributed by atoms with E-state index < -0.39 is 0 Å². The number of carbonyl (C=O) groups excluding carboxylic acids is 1. The maximum Gasteiger partial charge on any atom is 0.310 e. The summed E-state index contributed by atoms with van der Waals surface area (Å²) in [6.45, 7) is 0. The van der Waals surface area contributed by atoms with Gasteiger partial charge in [-0.25, -0.2) is 0 Å². The maximum absolute atomic E-state index is 11.2. The Kier molecular flexibility index (Phi) is 2.77. The number of esters is 1. The summed E-state index contributed by atoms with van der Waals surface area (Å²) in [4.78, 5) is 14.4. The second-order valence-electron chi connectivity index (χ2n) is 3.22. The van der Waals surface area contributed by atoms with Crippen LogP contribution in [0.1, 0.15) is 5.56 Å². The fraction of sp³-hybridized carbons (Fsp3) is 0.182. The summed E-state index contributed by atoms with van der Waals surface area (Å²) < 4.78 is 5.50. The average molecular weight is 268 g/mol. The summed E-state index contributed by atoms with van der Waals surface area (Å²) in [7, 11) is 1.39. The molecule has 15 heavy (non-hydrogen) atoms. The Morgan fingerprint density at radius 1 is 1.47 bits per heavy atom. The van der Waals surface area contributed by atoms with E-state index in [4.69, 9.17) is 0 Å². The van der Waals surface area contributed by atoms with Crippen molar-refractivity contribution in [2.45, 2.75) is 6.42 Å². The van der Waals surface area contributed by atoms with Crippen molar-refractivity contribution in [3.05, 3.63) is 34.4 Å². The number of nitrogens with one attached hydrogen (secondary N) is 1. The largest absolute Gasteiger partial charge is 0.469 e. The van der Waals surface area contributed by atoms with Crippen LogP contribution in [0, 0.1) is 0 Å². The second-order valence-corrected chi connectivity index (χ2v) is 4.01. The van der Waals surface area contributed by atoms with E-state index in [9.17, 15) is 4.79 Å². The Bertz CT molecular complexity index is 504. The number of halogens is 1. The fourth-order valence-corrected chi connectivity index (χ4v) is 2.12. The van der Waals surface area contributed by atoms with Crippen LogP contribution in [0.15, 0.2) is 28.9 Å². The van der Waals surface area contributed by atoms with Crippen molar-refractivity contribution in [3.63, 3.8) is 0 Å². The van der Waals surface area contributed by atoms with E-state index in [1.54, 1.807) is 0 Å². The minimum Gasteiger partial charge on any atom is -0.469 e. The Morgan fingerprint density at radius 2 is 2.20 bits per heavy atom. The predicted octanol–water partition coefficient (Wildman–Crippen LogP) is 2.65. The molecule has 4 heteroatoms. The van der Waals surface area contributed by atoms with E-state index in [-0.39, 0.29) is 12.4 Å². The van der Waals surface area contributed by atoms with Gasteiger partial charge in [0.15, 0.2) is 0 Å². The van der Waals surface area contributed by atoms with E-state index in [1.807, 2.05) is 24.3 Å². The van der Waals surface area contributed by atoms with Gasteiger partial charge in [0.1, 0.15) is 0 Å². The number of hydrogen-bond acceptors (Lipinski definition) is 2. The molecule has 2 aromatic rings. The van der Waals surface area contributed by atoms with Gasteiger partial charge in [0, 0.05) is 16.5 Å². The topological polar surface area (TPSA) is 42.1 Å². The van der Waals surface area contributed by atoms with Crippen molar-refractivity contribution in [3.8, 4) is 0 Å². The highest BCUT2D eigenvalue weighted by molar-refractivity contribution is 9.10. The lowest BCUT2D eigenvalue weighted by Crippen LogP contribution is -2.04. The molecule has 2 rings (SSSR count). The zero-order valence-electron chi connectivity index (χ0n) is 8.21. The van der Waals surface area contributed by atoms with E-state index in [1.165, 1.54) is 7.11 Å². The molecule has 0 radical (unpaired) electrons. The van der Waals surface area contributed by atoms with Crippen LogP contribution in [0.4, 0.5) is 0 Å². The van der Waals surface area contributed by atoms with Gasteiger partial charge in [-0.1, -0.05) is 18.2 Å². The summed E-state index contributed by atoms with van der Waals surface area (Å²) in [5.41, 5.74) is 1.96. The number of para-hydroxylation sites is 1. The lowest BCUT2D eigenvalue weighted by molar-refractivity contribution is -0.139. The summed E-state index contributed by atoms with van der Waals surface area (Å²) >= 11 is 3.40. The molecular formula is C11H10BrNO2. The molecule has 1 heterocycles. The lowest BCUT2D eigenvalue weighted by Gasteiger charge is -1.98. The van der Waals surface area contributed by atoms with E-state index in [0.717, 1.165) is 21.1 Å². The smallest absolute Gasteiger partial charge is 0.310 e. The number of fused-ring (bicyclic) bond motifs is 1. The first kappa shape index (κ1) is 10.2. The first-order valence-electron chi connectivity index (χ1n) is 4.54. The molecule has 0 spiro atoms. The van der Waals surface area contributed by atoms with Gasteiger partial charge in [0.25, 0.3) is 0 Å². The van der Waals surface area contributed by atoms with Crippen molar-refractivity contribution in [1.29, 1.82) is 0 Å². The minimum atomic E-state index is -0.236. The second kappa shape index (κ2) is 4.06. The van der Waals surface area contributed by atoms with Crippen molar-refractivity contribution >= 4 is 32.8 Å². The first-order chi connectivity index (χ1) is 7.22. The van der Waals surface area contributed by atoms with Gasteiger partial charge in [0.05, 0.1) is 18.1 Å². The molecule has 0 atom stereocenters. The molecular weight excluding hydrogens is 258 g/mol. The average Bonchev–Trinajstić information content (AvgIpc) is 2.55. The molecule has 1 aromatic heterocycles. The molecule has 0 aliphatic rings. The quantitative estimate of drug-likeness (QED) is 0.851. The standard InChI is InChI=1S/C11H10BrNO2/c1-15-10(14)6-8-7-4-2-3-5-9(7)13-11(8)12/h2-5,13H,6H2,1H3. The minimum absolute atomic E-state index is 0.236. The Labute approximate surface area is 95.6 Å². The highest BCUT2D eigenvalue weighted by Crippen LogP contribution is 2.26. The first-order valence-corrected chi connectivity index (χ1v) is 5.33. The molecule has 0 saturated carbocycles. The summed E-state index contributed by atoms with van der Waals surface area (Å²) in [6, 6.07) is 7.85. The van der Waals surface area contributed by atoms with E-state index in [0.29, 0.717) is 0 Å². The molecule has 0 aliphatic carbocycles. The zero-order valence-corrected chi connectivity index (χ0v) is 9.80. The maximum atomic E-state index is 11.2. The third-order valence-corrected chi connectivity index (χ3v) is 2.99. The predicted molar refractivity (Wildman–Crippen MR) is 61.7 cm³/mol. The highest BCUT2D eigenvalue weighted by Gasteiger charge is 2.12. The van der Waals surface area contributed by atoms with Gasteiger partial charge < -0.3 is 9.72 Å². The summed E-state index contributed by atoms with van der Waals surface area (Å²) in [6.07, 6.45) is 0.279. The summed E-state index contributed by atoms with van der Waals surface area (Å²) in [5, 5.41) is 1.05. The molecule has 1 aromatic carbocycles. The Morgan fingerprint density at radius 3 is 2.93 bits per heavy atom. The lowest BCUT2D eigenvalue weighted by atomic mass is 10.1. The molecule has 3 nitrogen and oxygen atoms in total. The van der Waals surface area contributed by atoms with Crippen LogP contribution in [-0.4, -0.2) is 18.1 Å². The number of carbonyl (C=O) groups is 1. The number of ether oxygens (including phenoxy) is 1. The SMILES string of the molecule is COC(=O)Cc1c(Br)[nH]c2ccccc12. The van der Waals surface area contributed by atoms with Gasteiger partial charge in [0.2, 0.25) is 0 Å². The van der Waals surface area contributed by atoms with Crippen molar-refractivity contribution in [1.82, 2.24) is 4.98 Å². The van der Waals surface area contributed by atoms with Gasteiger partial charge in [-0.3, -0.25) is 4.79 Å². The van der Waals surface area contributed by atoms with Crippen LogP contribution in [-0.2, 0) is 16.0 Å². The molecule has 78 valence electrons. The third-order valence-electron chi connectivity index (χ3n) is 2.31. The van der Waals surface area contributed by atoms with Crippen molar-refractivity contribution in [2.75, 3.05) is 7.11 Å². The monoisotopic (exact) mass is 267 g/mol. The number of rotatable bonds is 2. The number of benzene rings is 1. The van der Waals surface area contributed by atoms with Crippen LogP contribution >= 0.6 is 15.9 Å². The third kappa shape index (κ3) is 1.90. The van der Waals surface area contributed by atoms with Crippen LogP contribution in [0.5, 0.6) is 0 Å².